The molecule has 0 radical (unpaired) electrons. The maximum absolute atomic E-state index is 5.44. The Balaban J connectivity index is 2.53. The third-order valence-electron chi connectivity index (χ3n) is 2.04. The van der Waals surface area contributed by atoms with Crippen molar-refractivity contribution in [2.24, 2.45) is 5.92 Å². The van der Waals surface area contributed by atoms with Gasteiger partial charge in [0.15, 0.2) is 0 Å². The van der Waals surface area contributed by atoms with Crippen LogP contribution in [0.1, 0.15) is 20.3 Å². The van der Waals surface area contributed by atoms with E-state index in [2.05, 4.69) is 28.1 Å². The van der Waals surface area contributed by atoms with Crippen molar-refractivity contribution >= 4 is 22.6 Å². The van der Waals surface area contributed by atoms with Crippen molar-refractivity contribution in [2.45, 2.75) is 20.3 Å². The lowest BCUT2D eigenvalue weighted by Gasteiger charge is -2.18. The minimum absolute atomic E-state index is 0.371. The average Bonchev–Trinajstić information content (AvgIpc) is 2.51. The molecular weight excluding hydrogens is 184 g/mol. The fraction of sp³-hybridized carbons (Fsp3) is 0.750. The summed E-state index contributed by atoms with van der Waals surface area (Å²) in [6.07, 6.45) is 1.18. The molecule has 0 saturated carbocycles. The van der Waals surface area contributed by atoms with Gasteiger partial charge in [0.05, 0.1) is 0 Å². The van der Waals surface area contributed by atoms with E-state index in [0.29, 0.717) is 11.9 Å². The zero-order valence-corrected chi connectivity index (χ0v) is 9.14. The molecule has 1 unspecified atom stereocenters. The summed E-state index contributed by atoms with van der Waals surface area (Å²) in [4.78, 5) is 6.21. The maximum Gasteiger partial charge on any atom is 0.233 e. The van der Waals surface area contributed by atoms with Crippen molar-refractivity contribution in [3.63, 3.8) is 0 Å². The van der Waals surface area contributed by atoms with Gasteiger partial charge in [-0.1, -0.05) is 20.3 Å². The number of hydrogen-bond donors (Lipinski definition) is 1. The predicted molar refractivity (Wildman–Crippen MR) is 57.0 cm³/mol. The topological polar surface area (TPSA) is 55.0 Å². The van der Waals surface area contributed by atoms with Crippen molar-refractivity contribution in [3.8, 4) is 0 Å². The number of nitrogen functional groups attached to an aromatic ring is 1. The van der Waals surface area contributed by atoms with Crippen LogP contribution in [0.25, 0.3) is 0 Å². The van der Waals surface area contributed by atoms with E-state index in [9.17, 15) is 0 Å². The van der Waals surface area contributed by atoms with Gasteiger partial charge < -0.3 is 10.6 Å². The molecule has 1 atom stereocenters. The van der Waals surface area contributed by atoms with Crippen molar-refractivity contribution < 1.29 is 0 Å². The highest BCUT2D eigenvalue weighted by Crippen LogP contribution is 2.18. The van der Waals surface area contributed by atoms with Crippen molar-refractivity contribution in [2.75, 3.05) is 24.2 Å². The highest BCUT2D eigenvalue weighted by atomic mass is 32.1. The zero-order chi connectivity index (χ0) is 9.84. The van der Waals surface area contributed by atoms with Gasteiger partial charge in [0, 0.05) is 25.1 Å². The Morgan fingerprint density at radius 1 is 1.62 bits per heavy atom. The second-order valence-corrected chi connectivity index (χ2v) is 4.06. The quantitative estimate of drug-likeness (QED) is 0.802. The van der Waals surface area contributed by atoms with Gasteiger partial charge in [-0.15, -0.1) is 0 Å². The van der Waals surface area contributed by atoms with Crippen molar-refractivity contribution in [1.29, 1.82) is 0 Å². The standard InChI is InChI=1S/C8H16N4S/c1-4-6(2)5-12(3)8-10-7(9)11-13-8/h6H,4-5H2,1-3H3,(H2,9,11). The summed E-state index contributed by atoms with van der Waals surface area (Å²) in [5.41, 5.74) is 5.44. The molecule has 5 heteroatoms. The molecule has 0 spiro atoms. The van der Waals surface area contributed by atoms with Gasteiger partial charge in [0.25, 0.3) is 0 Å². The molecule has 1 aromatic heterocycles. The maximum atomic E-state index is 5.44. The molecule has 0 aromatic carbocycles. The van der Waals surface area contributed by atoms with E-state index in [4.69, 9.17) is 5.73 Å². The summed E-state index contributed by atoms with van der Waals surface area (Å²) in [6, 6.07) is 0. The van der Waals surface area contributed by atoms with Crippen molar-refractivity contribution in [1.82, 2.24) is 9.36 Å². The van der Waals surface area contributed by atoms with E-state index in [0.717, 1.165) is 11.7 Å². The fourth-order valence-corrected chi connectivity index (χ4v) is 1.62. The number of nitrogens with two attached hydrogens (primary N) is 1. The third-order valence-corrected chi connectivity index (χ3v) is 2.88. The number of rotatable bonds is 4. The molecule has 2 N–H and O–H groups in total. The molecule has 0 fully saturated rings. The highest BCUT2D eigenvalue weighted by molar-refractivity contribution is 7.09. The fourth-order valence-electron chi connectivity index (χ4n) is 1.06. The lowest BCUT2D eigenvalue weighted by Crippen LogP contribution is -2.23. The van der Waals surface area contributed by atoms with Gasteiger partial charge >= 0.3 is 0 Å². The molecule has 1 heterocycles. The lowest BCUT2D eigenvalue weighted by atomic mass is 10.1. The summed E-state index contributed by atoms with van der Waals surface area (Å²) in [7, 11) is 2.02. The van der Waals surface area contributed by atoms with Crippen LogP contribution in [-0.2, 0) is 0 Å². The molecule has 0 saturated heterocycles. The Bertz CT molecular complexity index is 260. The molecular formula is C8H16N4S. The smallest absolute Gasteiger partial charge is 0.233 e. The molecule has 0 aliphatic carbocycles. The van der Waals surface area contributed by atoms with Crippen LogP contribution in [0.2, 0.25) is 0 Å². The Morgan fingerprint density at radius 2 is 2.31 bits per heavy atom. The molecule has 13 heavy (non-hydrogen) atoms. The van der Waals surface area contributed by atoms with Gasteiger partial charge in [-0.25, -0.2) is 0 Å². The second kappa shape index (κ2) is 4.41. The molecule has 0 amide bonds. The summed E-state index contributed by atoms with van der Waals surface area (Å²) < 4.78 is 3.94. The first-order valence-electron chi connectivity index (χ1n) is 4.43. The average molecular weight is 200 g/mol. The van der Waals surface area contributed by atoms with Gasteiger partial charge in [-0.05, 0) is 5.92 Å². The van der Waals surface area contributed by atoms with Gasteiger partial charge in [0.2, 0.25) is 11.1 Å². The highest BCUT2D eigenvalue weighted by Gasteiger charge is 2.09. The Labute approximate surface area is 82.9 Å². The first kappa shape index (κ1) is 10.2. The van der Waals surface area contributed by atoms with E-state index < -0.39 is 0 Å². The summed E-state index contributed by atoms with van der Waals surface area (Å²) in [5, 5.41) is 0.901. The molecule has 0 aliphatic heterocycles. The first-order chi connectivity index (χ1) is 6.13. The Hall–Kier alpha value is -0.840. The zero-order valence-electron chi connectivity index (χ0n) is 8.32. The Kier molecular flexibility index (Phi) is 3.48. The summed E-state index contributed by atoms with van der Waals surface area (Å²) >= 11 is 1.35. The van der Waals surface area contributed by atoms with Crippen LogP contribution in [0, 0.1) is 5.92 Å². The van der Waals surface area contributed by atoms with Crippen LogP contribution >= 0.6 is 11.5 Å². The Morgan fingerprint density at radius 3 is 2.77 bits per heavy atom. The molecule has 4 nitrogen and oxygen atoms in total. The van der Waals surface area contributed by atoms with Crippen LogP contribution in [0.3, 0.4) is 0 Å². The number of nitrogens with zero attached hydrogens (tertiary/aromatic N) is 3. The van der Waals surface area contributed by atoms with Crippen LogP contribution < -0.4 is 10.6 Å². The monoisotopic (exact) mass is 200 g/mol. The van der Waals surface area contributed by atoms with E-state index in [1.54, 1.807) is 0 Å². The van der Waals surface area contributed by atoms with E-state index in [-0.39, 0.29) is 0 Å². The van der Waals surface area contributed by atoms with Gasteiger partial charge in [-0.3, -0.25) is 0 Å². The van der Waals surface area contributed by atoms with E-state index in [1.165, 1.54) is 18.0 Å². The molecule has 74 valence electrons. The van der Waals surface area contributed by atoms with Crippen LogP contribution in [0.5, 0.6) is 0 Å². The van der Waals surface area contributed by atoms with Gasteiger partial charge in [0.1, 0.15) is 0 Å². The summed E-state index contributed by atoms with van der Waals surface area (Å²) in [6.45, 7) is 5.42. The molecule has 0 bridgehead atoms. The molecule has 0 aliphatic rings. The van der Waals surface area contributed by atoms with Crippen molar-refractivity contribution in [3.05, 3.63) is 0 Å². The molecule has 1 rings (SSSR count). The third kappa shape index (κ3) is 2.84. The second-order valence-electron chi connectivity index (χ2n) is 3.33. The number of anilines is 2. The molecule has 1 aromatic rings. The van der Waals surface area contributed by atoms with E-state index in [1.807, 2.05) is 7.05 Å². The lowest BCUT2D eigenvalue weighted by molar-refractivity contribution is 0.559. The van der Waals surface area contributed by atoms with Crippen LogP contribution in [-0.4, -0.2) is 22.9 Å². The first-order valence-corrected chi connectivity index (χ1v) is 5.21. The number of aromatic nitrogens is 2. The largest absolute Gasteiger partial charge is 0.367 e. The van der Waals surface area contributed by atoms with Crippen LogP contribution in [0.15, 0.2) is 0 Å². The number of hydrogen-bond acceptors (Lipinski definition) is 5. The van der Waals surface area contributed by atoms with Gasteiger partial charge in [-0.2, -0.15) is 9.36 Å². The van der Waals surface area contributed by atoms with E-state index >= 15 is 0 Å². The SMILES string of the molecule is CCC(C)CN(C)c1nc(N)ns1. The van der Waals surface area contributed by atoms with Crippen LogP contribution in [0.4, 0.5) is 11.1 Å². The normalized spacial score (nSPS) is 12.8. The minimum atomic E-state index is 0.371. The minimum Gasteiger partial charge on any atom is -0.367 e. The predicted octanol–water partition coefficient (Wildman–Crippen LogP) is 1.60. The summed E-state index contributed by atoms with van der Waals surface area (Å²) in [5.74, 6) is 1.05.